The van der Waals surface area contributed by atoms with Crippen LogP contribution in [0, 0.1) is 0 Å². The van der Waals surface area contributed by atoms with Gasteiger partial charge in [-0.2, -0.15) is 5.10 Å². The van der Waals surface area contributed by atoms with Gasteiger partial charge in [0.05, 0.1) is 45.7 Å². The fourth-order valence-corrected chi connectivity index (χ4v) is 4.27. The topological polar surface area (TPSA) is 54.7 Å². The summed E-state index contributed by atoms with van der Waals surface area (Å²) in [5, 5.41) is 5.44. The van der Waals surface area contributed by atoms with Crippen LogP contribution in [0.5, 0.6) is 23.0 Å². The van der Waals surface area contributed by atoms with Crippen molar-refractivity contribution in [1.29, 1.82) is 0 Å². The highest BCUT2D eigenvalue weighted by Crippen LogP contribution is 2.41. The fourth-order valence-electron chi connectivity index (χ4n) is 3.91. The standard InChI is InChI=1S/C28H27ClN2O4/c1-6-18-7-9-19(10-8-18)17-31-28(21-12-14-23(33-3)25(16-21)35-5)26(29)27(30-31)20-11-13-22(32-2)24(15-20)34-4/h6-16H,1,17H2,2-5H3. The first-order chi connectivity index (χ1) is 17.0. The van der Waals surface area contributed by atoms with Crippen molar-refractivity contribution >= 4 is 17.7 Å². The summed E-state index contributed by atoms with van der Waals surface area (Å²) in [4.78, 5) is 0. The van der Waals surface area contributed by atoms with Gasteiger partial charge in [0.25, 0.3) is 0 Å². The van der Waals surface area contributed by atoms with E-state index in [9.17, 15) is 0 Å². The summed E-state index contributed by atoms with van der Waals surface area (Å²) in [5.74, 6) is 2.48. The molecule has 0 bridgehead atoms. The monoisotopic (exact) mass is 490 g/mol. The summed E-state index contributed by atoms with van der Waals surface area (Å²) in [6.07, 6.45) is 1.82. The number of benzene rings is 3. The predicted octanol–water partition coefficient (Wildman–Crippen LogP) is 6.60. The van der Waals surface area contributed by atoms with Crippen molar-refractivity contribution in [1.82, 2.24) is 9.78 Å². The minimum atomic E-state index is 0.521. The Hall–Kier alpha value is -3.90. The number of rotatable bonds is 9. The summed E-state index contributed by atoms with van der Waals surface area (Å²) in [6, 6.07) is 19.5. The van der Waals surface area contributed by atoms with Crippen molar-refractivity contribution in [3.05, 3.63) is 83.4 Å². The molecule has 4 aromatic rings. The highest BCUT2D eigenvalue weighted by Gasteiger charge is 2.22. The number of ether oxygens (including phenoxy) is 4. The highest BCUT2D eigenvalue weighted by atomic mass is 35.5. The molecule has 0 aliphatic heterocycles. The van der Waals surface area contributed by atoms with Crippen LogP contribution < -0.4 is 18.9 Å². The van der Waals surface area contributed by atoms with E-state index in [0.29, 0.717) is 40.3 Å². The first kappa shape index (κ1) is 24.2. The van der Waals surface area contributed by atoms with Gasteiger partial charge in [-0.25, -0.2) is 0 Å². The minimum Gasteiger partial charge on any atom is -0.493 e. The molecule has 4 rings (SSSR count). The third-order valence-electron chi connectivity index (χ3n) is 5.76. The van der Waals surface area contributed by atoms with E-state index in [1.807, 2.05) is 59.3 Å². The first-order valence-electron chi connectivity index (χ1n) is 10.9. The molecule has 1 heterocycles. The summed E-state index contributed by atoms with van der Waals surface area (Å²) >= 11 is 7.01. The van der Waals surface area contributed by atoms with E-state index in [1.54, 1.807) is 28.4 Å². The van der Waals surface area contributed by atoms with E-state index in [4.69, 9.17) is 35.6 Å². The van der Waals surface area contributed by atoms with Crippen LogP contribution in [0.2, 0.25) is 5.02 Å². The summed E-state index contributed by atoms with van der Waals surface area (Å²) < 4.78 is 23.7. The van der Waals surface area contributed by atoms with Crippen LogP contribution in [0.1, 0.15) is 11.1 Å². The van der Waals surface area contributed by atoms with Crippen LogP contribution in [0.3, 0.4) is 0 Å². The third kappa shape index (κ3) is 4.84. The summed E-state index contributed by atoms with van der Waals surface area (Å²) in [7, 11) is 6.42. The Morgan fingerprint density at radius 3 is 1.86 bits per heavy atom. The maximum absolute atomic E-state index is 7.01. The lowest BCUT2D eigenvalue weighted by Gasteiger charge is -2.12. The smallest absolute Gasteiger partial charge is 0.161 e. The zero-order valence-corrected chi connectivity index (χ0v) is 20.9. The van der Waals surface area contributed by atoms with Crippen molar-refractivity contribution < 1.29 is 18.9 Å². The largest absolute Gasteiger partial charge is 0.493 e. The molecule has 1 aromatic heterocycles. The molecule has 0 saturated carbocycles. The Kier molecular flexibility index (Phi) is 7.32. The van der Waals surface area contributed by atoms with Crippen molar-refractivity contribution in [3.8, 4) is 45.5 Å². The molecule has 6 nitrogen and oxygen atoms in total. The lowest BCUT2D eigenvalue weighted by Crippen LogP contribution is -2.04. The van der Waals surface area contributed by atoms with Gasteiger partial charge in [0.15, 0.2) is 23.0 Å². The highest BCUT2D eigenvalue weighted by molar-refractivity contribution is 6.35. The number of nitrogens with zero attached hydrogens (tertiary/aromatic N) is 2. The Bertz CT molecular complexity index is 1350. The van der Waals surface area contributed by atoms with Gasteiger partial charge in [-0.15, -0.1) is 0 Å². The first-order valence-corrected chi connectivity index (χ1v) is 11.3. The van der Waals surface area contributed by atoms with E-state index in [-0.39, 0.29) is 0 Å². The van der Waals surface area contributed by atoms with E-state index in [2.05, 4.69) is 18.7 Å². The van der Waals surface area contributed by atoms with Crippen LogP contribution >= 0.6 is 11.6 Å². The summed E-state index contributed by atoms with van der Waals surface area (Å²) in [6.45, 7) is 4.35. The number of hydrogen-bond acceptors (Lipinski definition) is 5. The zero-order chi connectivity index (χ0) is 24.9. The van der Waals surface area contributed by atoms with Gasteiger partial charge in [0, 0.05) is 11.1 Å². The van der Waals surface area contributed by atoms with Crippen molar-refractivity contribution in [2.24, 2.45) is 0 Å². The molecule has 0 amide bonds. The van der Waals surface area contributed by atoms with Gasteiger partial charge in [-0.3, -0.25) is 4.68 Å². The summed E-state index contributed by atoms with van der Waals surface area (Å²) in [5.41, 5.74) is 5.21. The second-order valence-electron chi connectivity index (χ2n) is 7.75. The van der Waals surface area contributed by atoms with Crippen molar-refractivity contribution in [2.75, 3.05) is 28.4 Å². The second kappa shape index (κ2) is 10.6. The molecule has 0 spiro atoms. The van der Waals surface area contributed by atoms with Gasteiger partial charge in [0.2, 0.25) is 0 Å². The molecule has 0 aliphatic rings. The average Bonchev–Trinajstić information content (AvgIpc) is 3.23. The van der Waals surface area contributed by atoms with E-state index in [0.717, 1.165) is 27.9 Å². The molecule has 0 N–H and O–H groups in total. The van der Waals surface area contributed by atoms with E-state index >= 15 is 0 Å². The minimum absolute atomic E-state index is 0.521. The number of halogens is 1. The molecular weight excluding hydrogens is 464 g/mol. The molecule has 35 heavy (non-hydrogen) atoms. The Balaban J connectivity index is 1.87. The van der Waals surface area contributed by atoms with Gasteiger partial charge >= 0.3 is 0 Å². The zero-order valence-electron chi connectivity index (χ0n) is 20.2. The Morgan fingerprint density at radius 2 is 1.31 bits per heavy atom. The molecule has 0 radical (unpaired) electrons. The van der Waals surface area contributed by atoms with Crippen LogP contribution in [0.15, 0.2) is 67.2 Å². The number of methoxy groups -OCH3 is 4. The maximum atomic E-state index is 7.01. The van der Waals surface area contributed by atoms with Crippen LogP contribution in [0.4, 0.5) is 0 Å². The normalized spacial score (nSPS) is 10.7. The molecule has 0 atom stereocenters. The Morgan fingerprint density at radius 1 is 0.771 bits per heavy atom. The molecule has 0 unspecified atom stereocenters. The lowest BCUT2D eigenvalue weighted by atomic mass is 10.1. The molecule has 0 saturated heterocycles. The molecule has 0 fully saturated rings. The number of aromatic nitrogens is 2. The number of hydrogen-bond donors (Lipinski definition) is 0. The van der Waals surface area contributed by atoms with Gasteiger partial charge in [-0.05, 0) is 47.5 Å². The molecular formula is C28H27ClN2O4. The third-order valence-corrected chi connectivity index (χ3v) is 6.11. The molecule has 180 valence electrons. The lowest BCUT2D eigenvalue weighted by molar-refractivity contribution is 0.355. The van der Waals surface area contributed by atoms with E-state index in [1.165, 1.54) is 0 Å². The molecule has 3 aromatic carbocycles. The van der Waals surface area contributed by atoms with Gasteiger partial charge in [0.1, 0.15) is 5.69 Å². The van der Waals surface area contributed by atoms with Crippen molar-refractivity contribution in [2.45, 2.75) is 6.54 Å². The predicted molar refractivity (Wildman–Crippen MR) is 140 cm³/mol. The maximum Gasteiger partial charge on any atom is 0.161 e. The van der Waals surface area contributed by atoms with Crippen LogP contribution in [-0.2, 0) is 6.54 Å². The fraction of sp³-hybridized carbons (Fsp3) is 0.179. The quantitative estimate of drug-likeness (QED) is 0.264. The van der Waals surface area contributed by atoms with E-state index < -0.39 is 0 Å². The van der Waals surface area contributed by atoms with Crippen molar-refractivity contribution in [3.63, 3.8) is 0 Å². The van der Waals surface area contributed by atoms with Crippen LogP contribution in [0.25, 0.3) is 28.6 Å². The van der Waals surface area contributed by atoms with Gasteiger partial charge < -0.3 is 18.9 Å². The molecule has 7 heteroatoms. The van der Waals surface area contributed by atoms with Gasteiger partial charge in [-0.1, -0.05) is 48.5 Å². The average molecular weight is 491 g/mol. The second-order valence-corrected chi connectivity index (χ2v) is 8.13. The van der Waals surface area contributed by atoms with Crippen LogP contribution in [-0.4, -0.2) is 38.2 Å². The SMILES string of the molecule is C=Cc1ccc(Cn2nc(-c3ccc(OC)c(OC)c3)c(Cl)c2-c2ccc(OC)c(OC)c2)cc1. The molecule has 0 aliphatic carbocycles. The Labute approximate surface area is 210 Å².